The summed E-state index contributed by atoms with van der Waals surface area (Å²) in [5.41, 5.74) is 3.79. The van der Waals surface area contributed by atoms with Crippen LogP contribution in [0.4, 0.5) is 26.7 Å². The molecular formula is C29H29FN6O3S. The zero-order valence-electron chi connectivity index (χ0n) is 21.9. The molecule has 9 nitrogen and oxygen atoms in total. The number of hydrogen-bond donors (Lipinski definition) is 3. The van der Waals surface area contributed by atoms with Crippen LogP contribution in [0.2, 0.25) is 0 Å². The third-order valence-electron chi connectivity index (χ3n) is 6.39. The summed E-state index contributed by atoms with van der Waals surface area (Å²) >= 11 is 1.21. The number of anilines is 4. The smallest absolute Gasteiger partial charge is 0.267 e. The van der Waals surface area contributed by atoms with E-state index in [4.69, 9.17) is 4.74 Å². The molecule has 1 fully saturated rings. The Morgan fingerprint density at radius 1 is 0.975 bits per heavy atom. The molecule has 4 aromatic rings. The number of hydrogen-bond acceptors (Lipinski definition) is 8. The van der Waals surface area contributed by atoms with Crippen LogP contribution in [-0.4, -0.2) is 53.0 Å². The van der Waals surface area contributed by atoms with Gasteiger partial charge in [0.25, 0.3) is 11.8 Å². The Morgan fingerprint density at radius 3 is 2.60 bits per heavy atom. The van der Waals surface area contributed by atoms with Gasteiger partial charge in [-0.15, -0.1) is 0 Å². The molecule has 1 aliphatic heterocycles. The lowest BCUT2D eigenvalue weighted by molar-refractivity contribution is 0.0341. The zero-order chi connectivity index (χ0) is 27.9. The summed E-state index contributed by atoms with van der Waals surface area (Å²) in [4.78, 5) is 37.2. The van der Waals surface area contributed by atoms with Crippen LogP contribution < -0.4 is 16.0 Å². The van der Waals surface area contributed by atoms with Crippen molar-refractivity contribution in [1.29, 1.82) is 0 Å². The number of carbonyl (C=O) groups excluding carboxylic acids is 2. The molecule has 0 atom stereocenters. The highest BCUT2D eigenvalue weighted by Crippen LogP contribution is 2.25. The largest absolute Gasteiger partial charge is 0.379 e. The van der Waals surface area contributed by atoms with E-state index in [1.807, 2.05) is 25.3 Å². The number of rotatable bonds is 9. The third kappa shape index (κ3) is 7.06. The second-order valence-corrected chi connectivity index (χ2v) is 10.4. The SMILES string of the molecule is Cc1ccc(NC(=O)c2cccc(CF)c2)cc1NC(=O)c1cnc(Nc2ccc(CN3CCOCC3)cn2)s1. The highest BCUT2D eigenvalue weighted by molar-refractivity contribution is 7.17. The molecule has 2 aromatic heterocycles. The molecule has 3 heterocycles. The molecule has 0 radical (unpaired) electrons. The van der Waals surface area contributed by atoms with Crippen LogP contribution in [0.15, 0.2) is 67.0 Å². The van der Waals surface area contributed by atoms with Gasteiger partial charge in [0.15, 0.2) is 5.13 Å². The van der Waals surface area contributed by atoms with Gasteiger partial charge >= 0.3 is 0 Å². The summed E-state index contributed by atoms with van der Waals surface area (Å²) in [6, 6.07) is 15.6. The van der Waals surface area contributed by atoms with Crippen molar-refractivity contribution in [2.24, 2.45) is 0 Å². The van der Waals surface area contributed by atoms with Crippen LogP contribution in [0, 0.1) is 6.92 Å². The maximum Gasteiger partial charge on any atom is 0.267 e. The van der Waals surface area contributed by atoms with Gasteiger partial charge in [-0.25, -0.2) is 14.4 Å². The van der Waals surface area contributed by atoms with Crippen LogP contribution in [0.25, 0.3) is 0 Å². The van der Waals surface area contributed by atoms with Crippen molar-refractivity contribution in [1.82, 2.24) is 14.9 Å². The highest BCUT2D eigenvalue weighted by Gasteiger charge is 2.15. The second-order valence-electron chi connectivity index (χ2n) is 9.37. The fourth-order valence-electron chi connectivity index (χ4n) is 4.17. The van der Waals surface area contributed by atoms with E-state index in [2.05, 4.69) is 30.8 Å². The molecule has 2 amide bonds. The van der Waals surface area contributed by atoms with Gasteiger partial charge in [-0.2, -0.15) is 0 Å². The number of pyridine rings is 1. The van der Waals surface area contributed by atoms with E-state index in [9.17, 15) is 14.0 Å². The molecule has 0 unspecified atom stereocenters. The second kappa shape index (κ2) is 12.8. The molecule has 1 saturated heterocycles. The van der Waals surface area contributed by atoms with Crippen molar-refractivity contribution in [2.75, 3.05) is 42.3 Å². The third-order valence-corrected chi connectivity index (χ3v) is 7.30. The summed E-state index contributed by atoms with van der Waals surface area (Å²) < 4.78 is 18.4. The first kappa shape index (κ1) is 27.4. The quantitative estimate of drug-likeness (QED) is 0.252. The number of alkyl halides is 1. The lowest BCUT2D eigenvalue weighted by Crippen LogP contribution is -2.35. The summed E-state index contributed by atoms with van der Waals surface area (Å²) in [6.45, 7) is 5.39. The lowest BCUT2D eigenvalue weighted by Gasteiger charge is -2.26. The Bertz CT molecular complexity index is 1490. The first-order chi connectivity index (χ1) is 19.5. The van der Waals surface area contributed by atoms with Gasteiger partial charge in [-0.05, 0) is 53.9 Å². The number of ether oxygens (including phenoxy) is 1. The number of aryl methyl sites for hydroxylation is 1. The minimum Gasteiger partial charge on any atom is -0.379 e. The number of nitrogens with zero attached hydrogens (tertiary/aromatic N) is 3. The molecule has 0 saturated carbocycles. The van der Waals surface area contributed by atoms with Crippen LogP contribution in [0.1, 0.15) is 36.7 Å². The molecule has 5 rings (SSSR count). The van der Waals surface area contributed by atoms with Crippen LogP contribution in [0.5, 0.6) is 0 Å². The van der Waals surface area contributed by atoms with E-state index in [0.717, 1.165) is 44.0 Å². The van der Waals surface area contributed by atoms with Gasteiger partial charge in [0.1, 0.15) is 17.4 Å². The molecule has 3 N–H and O–H groups in total. The normalized spacial score (nSPS) is 13.6. The fraction of sp³-hybridized carbons (Fsp3) is 0.241. The molecule has 11 heteroatoms. The minimum atomic E-state index is -0.644. The van der Waals surface area contributed by atoms with Crippen molar-refractivity contribution < 1.29 is 18.7 Å². The van der Waals surface area contributed by atoms with Crippen molar-refractivity contribution in [2.45, 2.75) is 20.1 Å². The summed E-state index contributed by atoms with van der Waals surface area (Å²) in [7, 11) is 0. The topological polar surface area (TPSA) is 108 Å². The standard InChI is InChI=1S/C29H29FN6O3S/c1-19-5-7-23(33-27(37)22-4-2-3-20(13-22)15-30)14-24(19)34-28(38)25-17-32-29(40-25)35-26-8-6-21(16-31-26)18-36-9-11-39-12-10-36/h2-8,13-14,16-17H,9-12,15,18H2,1H3,(H,33,37)(H,34,38)(H,31,32,35). The Morgan fingerprint density at radius 2 is 1.82 bits per heavy atom. The molecule has 1 aliphatic rings. The van der Waals surface area contributed by atoms with E-state index >= 15 is 0 Å². The zero-order valence-corrected chi connectivity index (χ0v) is 22.8. The summed E-state index contributed by atoms with van der Waals surface area (Å²) in [5, 5.41) is 9.40. The molecule has 40 heavy (non-hydrogen) atoms. The maximum atomic E-state index is 13.0. The van der Waals surface area contributed by atoms with Crippen molar-refractivity contribution in [3.63, 3.8) is 0 Å². The van der Waals surface area contributed by atoms with Crippen molar-refractivity contribution >= 4 is 45.5 Å². The average molecular weight is 561 g/mol. The van der Waals surface area contributed by atoms with Gasteiger partial charge in [0.2, 0.25) is 0 Å². The van der Waals surface area contributed by atoms with Crippen LogP contribution in [-0.2, 0) is 18.0 Å². The minimum absolute atomic E-state index is 0.318. The van der Waals surface area contributed by atoms with Crippen molar-refractivity contribution in [3.8, 4) is 0 Å². The number of aromatic nitrogens is 2. The van der Waals surface area contributed by atoms with Gasteiger partial charge in [-0.3, -0.25) is 14.5 Å². The fourth-order valence-corrected chi connectivity index (χ4v) is 4.89. The molecule has 0 spiro atoms. The molecule has 2 aromatic carbocycles. The number of thiazole rings is 1. The van der Waals surface area contributed by atoms with Crippen LogP contribution >= 0.6 is 11.3 Å². The summed E-state index contributed by atoms with van der Waals surface area (Å²) in [6.07, 6.45) is 3.35. The predicted molar refractivity (Wildman–Crippen MR) is 154 cm³/mol. The number of nitrogens with one attached hydrogen (secondary N) is 3. The molecule has 206 valence electrons. The number of benzene rings is 2. The average Bonchev–Trinajstić information content (AvgIpc) is 3.45. The molecule has 0 aliphatic carbocycles. The van der Waals surface area contributed by atoms with Crippen molar-refractivity contribution in [3.05, 3.63) is 94.1 Å². The maximum absolute atomic E-state index is 13.0. The first-order valence-electron chi connectivity index (χ1n) is 12.8. The Balaban J connectivity index is 1.19. The van der Waals surface area contributed by atoms with Crippen LogP contribution in [0.3, 0.4) is 0 Å². The lowest BCUT2D eigenvalue weighted by atomic mass is 10.1. The van der Waals surface area contributed by atoms with E-state index < -0.39 is 6.67 Å². The van der Waals surface area contributed by atoms with E-state index in [0.29, 0.717) is 38.3 Å². The van der Waals surface area contributed by atoms with Gasteiger partial charge in [-0.1, -0.05) is 35.6 Å². The Kier molecular flexibility index (Phi) is 8.74. The molecular weight excluding hydrogens is 531 g/mol. The number of amides is 2. The van der Waals surface area contributed by atoms with Gasteiger partial charge in [0, 0.05) is 42.8 Å². The first-order valence-corrected chi connectivity index (χ1v) is 13.6. The molecule has 0 bridgehead atoms. The highest BCUT2D eigenvalue weighted by atomic mass is 32.1. The Hall–Kier alpha value is -4.19. The van der Waals surface area contributed by atoms with E-state index in [1.165, 1.54) is 23.6 Å². The van der Waals surface area contributed by atoms with Gasteiger partial charge < -0.3 is 20.7 Å². The monoisotopic (exact) mass is 560 g/mol. The van der Waals surface area contributed by atoms with E-state index in [-0.39, 0.29) is 11.8 Å². The summed E-state index contributed by atoms with van der Waals surface area (Å²) in [5.74, 6) is -0.0395. The number of carbonyl (C=O) groups is 2. The number of morpholine rings is 1. The van der Waals surface area contributed by atoms with Gasteiger partial charge in [0.05, 0.1) is 19.4 Å². The Labute approximate surface area is 235 Å². The predicted octanol–water partition coefficient (Wildman–Crippen LogP) is 5.40. The number of halogens is 1. The van der Waals surface area contributed by atoms with E-state index in [1.54, 1.807) is 36.4 Å².